The van der Waals surface area contributed by atoms with Crippen molar-refractivity contribution in [1.82, 2.24) is 9.38 Å². The second-order valence-corrected chi connectivity index (χ2v) is 4.15. The topological polar surface area (TPSA) is 17.3 Å². The van der Waals surface area contributed by atoms with Gasteiger partial charge in [0, 0.05) is 17.8 Å². The van der Waals surface area contributed by atoms with Gasteiger partial charge >= 0.3 is 0 Å². The Hall–Kier alpha value is -1.42. The van der Waals surface area contributed by atoms with Crippen LogP contribution >= 0.6 is 15.9 Å². The van der Waals surface area contributed by atoms with Gasteiger partial charge < -0.3 is 4.40 Å². The Morgan fingerprint density at radius 1 is 1.27 bits per heavy atom. The number of rotatable bonds is 0. The van der Waals surface area contributed by atoms with E-state index >= 15 is 0 Å². The normalized spacial score (nSPS) is 11.3. The van der Waals surface area contributed by atoms with Crippen LogP contribution in [0.5, 0.6) is 0 Å². The molecule has 0 saturated carbocycles. The van der Waals surface area contributed by atoms with Gasteiger partial charge in [-0.25, -0.2) is 9.37 Å². The Morgan fingerprint density at radius 3 is 3.00 bits per heavy atom. The maximum Gasteiger partial charge on any atom is 0.145 e. The van der Waals surface area contributed by atoms with Crippen molar-refractivity contribution in [2.24, 2.45) is 0 Å². The van der Waals surface area contributed by atoms with Crippen molar-refractivity contribution in [3.63, 3.8) is 0 Å². The van der Waals surface area contributed by atoms with Gasteiger partial charge in [-0.15, -0.1) is 0 Å². The smallest absolute Gasteiger partial charge is 0.145 e. The number of nitrogens with zero attached hydrogens (tertiary/aromatic N) is 2. The van der Waals surface area contributed by atoms with Crippen LogP contribution in [0.25, 0.3) is 16.4 Å². The van der Waals surface area contributed by atoms with Crippen molar-refractivity contribution in [2.75, 3.05) is 0 Å². The maximum atomic E-state index is 13.0. The number of hydrogen-bond donors (Lipinski definition) is 0. The van der Waals surface area contributed by atoms with Gasteiger partial charge in [-0.2, -0.15) is 0 Å². The molecule has 0 aliphatic rings. The summed E-state index contributed by atoms with van der Waals surface area (Å²) >= 11 is 3.32. The second-order valence-electron chi connectivity index (χ2n) is 3.34. The minimum Gasteiger partial charge on any atom is -0.305 e. The Labute approximate surface area is 93.5 Å². The lowest BCUT2D eigenvalue weighted by Crippen LogP contribution is -1.85. The molecule has 2 aromatic heterocycles. The van der Waals surface area contributed by atoms with Crippen LogP contribution in [0, 0.1) is 5.82 Å². The Kier molecular flexibility index (Phi) is 1.79. The molecule has 15 heavy (non-hydrogen) atoms. The van der Waals surface area contributed by atoms with Crippen molar-refractivity contribution < 1.29 is 4.39 Å². The fourth-order valence-electron chi connectivity index (χ4n) is 1.71. The van der Waals surface area contributed by atoms with E-state index in [9.17, 15) is 4.39 Å². The molecule has 0 aliphatic carbocycles. The van der Waals surface area contributed by atoms with E-state index in [1.165, 1.54) is 12.1 Å². The molecule has 4 heteroatoms. The Balaban J connectivity index is 2.53. The molecule has 2 heterocycles. The zero-order chi connectivity index (χ0) is 10.4. The zero-order valence-electron chi connectivity index (χ0n) is 7.61. The van der Waals surface area contributed by atoms with Gasteiger partial charge in [0.1, 0.15) is 16.1 Å². The SMILES string of the molecule is Fc1ccc2c(ccn3cc(Br)nc23)c1. The summed E-state index contributed by atoms with van der Waals surface area (Å²) in [6.45, 7) is 0. The third kappa shape index (κ3) is 1.33. The molecule has 0 atom stereocenters. The van der Waals surface area contributed by atoms with Gasteiger partial charge in [0.25, 0.3) is 0 Å². The average molecular weight is 265 g/mol. The third-order valence-electron chi connectivity index (χ3n) is 2.37. The van der Waals surface area contributed by atoms with Gasteiger partial charge in [0.2, 0.25) is 0 Å². The number of pyridine rings is 1. The quantitative estimate of drug-likeness (QED) is 0.609. The first kappa shape index (κ1) is 8.85. The van der Waals surface area contributed by atoms with Crippen LogP contribution < -0.4 is 0 Å². The molecule has 0 bridgehead atoms. The fourth-order valence-corrected chi connectivity index (χ4v) is 2.10. The molecule has 1 aromatic carbocycles. The summed E-state index contributed by atoms with van der Waals surface area (Å²) in [4.78, 5) is 4.33. The van der Waals surface area contributed by atoms with Gasteiger partial charge in [0.05, 0.1) is 0 Å². The second kappa shape index (κ2) is 3.03. The van der Waals surface area contributed by atoms with Gasteiger partial charge in [-0.1, -0.05) is 0 Å². The first-order valence-electron chi connectivity index (χ1n) is 4.46. The summed E-state index contributed by atoms with van der Waals surface area (Å²) in [5.74, 6) is -0.225. The highest BCUT2D eigenvalue weighted by Crippen LogP contribution is 2.22. The number of fused-ring (bicyclic) bond motifs is 3. The molecule has 0 spiro atoms. The van der Waals surface area contributed by atoms with E-state index in [1.54, 1.807) is 6.07 Å². The van der Waals surface area contributed by atoms with E-state index in [0.29, 0.717) is 0 Å². The first-order chi connectivity index (χ1) is 7.24. The van der Waals surface area contributed by atoms with Crippen molar-refractivity contribution in [3.05, 3.63) is 47.1 Å². The molecule has 3 rings (SSSR count). The Bertz CT molecular complexity index is 660. The number of imidazole rings is 1. The molecule has 0 N–H and O–H groups in total. The highest BCUT2D eigenvalue weighted by Gasteiger charge is 2.04. The maximum absolute atomic E-state index is 13.0. The summed E-state index contributed by atoms with van der Waals surface area (Å²) < 4.78 is 15.7. The summed E-state index contributed by atoms with van der Waals surface area (Å²) in [7, 11) is 0. The standard InChI is InChI=1S/C11H6BrFN2/c12-10-6-15-4-3-7-5-8(13)1-2-9(7)11(15)14-10/h1-6H. The van der Waals surface area contributed by atoms with Crippen LogP contribution in [0.4, 0.5) is 4.39 Å². The summed E-state index contributed by atoms with van der Waals surface area (Å²) in [5, 5.41) is 1.81. The molecular formula is C11H6BrFN2. The van der Waals surface area contributed by atoms with Crippen LogP contribution in [0.15, 0.2) is 41.3 Å². The largest absolute Gasteiger partial charge is 0.305 e. The minimum atomic E-state index is -0.225. The van der Waals surface area contributed by atoms with Gasteiger partial charge in [-0.05, 0) is 45.6 Å². The predicted molar refractivity (Wildman–Crippen MR) is 60.4 cm³/mol. The highest BCUT2D eigenvalue weighted by molar-refractivity contribution is 9.10. The Morgan fingerprint density at radius 2 is 2.13 bits per heavy atom. The molecule has 0 saturated heterocycles. The van der Waals surface area contributed by atoms with Crippen molar-refractivity contribution in [3.8, 4) is 0 Å². The van der Waals surface area contributed by atoms with Crippen LogP contribution in [0.3, 0.4) is 0 Å². The molecular weight excluding hydrogens is 259 g/mol. The number of aromatic nitrogens is 2. The van der Waals surface area contributed by atoms with E-state index in [-0.39, 0.29) is 5.82 Å². The van der Waals surface area contributed by atoms with Crippen LogP contribution in [-0.4, -0.2) is 9.38 Å². The molecule has 0 fully saturated rings. The predicted octanol–water partition coefficient (Wildman–Crippen LogP) is 3.39. The van der Waals surface area contributed by atoms with E-state index in [1.807, 2.05) is 22.9 Å². The van der Waals surface area contributed by atoms with E-state index in [0.717, 1.165) is 21.0 Å². The highest BCUT2D eigenvalue weighted by atomic mass is 79.9. The number of halogens is 2. The third-order valence-corrected chi connectivity index (χ3v) is 2.75. The molecule has 0 amide bonds. The molecule has 74 valence electrons. The summed E-state index contributed by atoms with van der Waals surface area (Å²) in [6, 6.07) is 6.59. The van der Waals surface area contributed by atoms with E-state index in [2.05, 4.69) is 20.9 Å². The molecule has 3 aromatic rings. The number of benzene rings is 1. The van der Waals surface area contributed by atoms with E-state index < -0.39 is 0 Å². The average Bonchev–Trinajstić information content (AvgIpc) is 2.58. The molecule has 2 nitrogen and oxygen atoms in total. The van der Waals surface area contributed by atoms with Crippen molar-refractivity contribution >= 4 is 32.3 Å². The molecule has 0 radical (unpaired) electrons. The van der Waals surface area contributed by atoms with E-state index in [4.69, 9.17) is 0 Å². The summed E-state index contributed by atoms with van der Waals surface area (Å²) in [5.41, 5.74) is 0.833. The molecule has 0 aliphatic heterocycles. The lowest BCUT2D eigenvalue weighted by molar-refractivity contribution is 0.630. The lowest BCUT2D eigenvalue weighted by Gasteiger charge is -1.99. The van der Waals surface area contributed by atoms with Crippen LogP contribution in [0.1, 0.15) is 0 Å². The van der Waals surface area contributed by atoms with Gasteiger partial charge in [0.15, 0.2) is 0 Å². The van der Waals surface area contributed by atoms with Crippen molar-refractivity contribution in [1.29, 1.82) is 0 Å². The number of hydrogen-bond acceptors (Lipinski definition) is 1. The van der Waals surface area contributed by atoms with Crippen molar-refractivity contribution in [2.45, 2.75) is 0 Å². The molecule has 0 unspecified atom stereocenters. The zero-order valence-corrected chi connectivity index (χ0v) is 9.20. The minimum absolute atomic E-state index is 0.225. The fraction of sp³-hybridized carbons (Fsp3) is 0. The van der Waals surface area contributed by atoms with Gasteiger partial charge in [-0.3, -0.25) is 0 Å². The monoisotopic (exact) mass is 264 g/mol. The summed E-state index contributed by atoms with van der Waals surface area (Å²) in [6.07, 6.45) is 3.74. The van der Waals surface area contributed by atoms with Crippen LogP contribution in [0.2, 0.25) is 0 Å². The first-order valence-corrected chi connectivity index (χ1v) is 5.26. The lowest BCUT2D eigenvalue weighted by atomic mass is 10.2. The van der Waals surface area contributed by atoms with Crippen LogP contribution in [-0.2, 0) is 0 Å².